The molecule has 0 spiro atoms. The summed E-state index contributed by atoms with van der Waals surface area (Å²) in [4.78, 5) is 9.16. The Labute approximate surface area is 156 Å². The molecule has 1 aliphatic heterocycles. The fraction of sp³-hybridized carbons (Fsp3) is 0.200. The van der Waals surface area contributed by atoms with Gasteiger partial charge in [-0.05, 0) is 11.1 Å². The molecule has 7 nitrogen and oxygen atoms in total. The summed E-state index contributed by atoms with van der Waals surface area (Å²) in [5.74, 6) is 0.630. The summed E-state index contributed by atoms with van der Waals surface area (Å²) >= 11 is 0. The van der Waals surface area contributed by atoms with Crippen molar-refractivity contribution in [3.8, 4) is 0 Å². The second kappa shape index (κ2) is 7.07. The predicted molar refractivity (Wildman–Crippen MR) is 101 cm³/mol. The number of rotatable bonds is 5. The standard InChI is InChI=1S/C20H19N6O/c21-24-23-13-15-26-19-22-12-7-14-25(19)18(16-8-3-1-4-9-16)20(26,27)17-10-5-2-6-11-17/h1-12,14,18,27H,13,15H2/q+1. The lowest BCUT2D eigenvalue weighted by Crippen LogP contribution is -2.51. The van der Waals surface area contributed by atoms with Gasteiger partial charge >= 0.3 is 5.95 Å². The van der Waals surface area contributed by atoms with Crippen LogP contribution in [0.1, 0.15) is 17.2 Å². The van der Waals surface area contributed by atoms with Crippen molar-refractivity contribution in [1.82, 2.24) is 4.98 Å². The average Bonchev–Trinajstić information content (AvgIpc) is 2.99. The first kappa shape index (κ1) is 17.0. The highest BCUT2D eigenvalue weighted by Gasteiger charge is 2.59. The molecule has 1 aliphatic rings. The molecule has 0 saturated heterocycles. The molecule has 0 saturated carbocycles. The van der Waals surface area contributed by atoms with Crippen LogP contribution in [0.3, 0.4) is 0 Å². The van der Waals surface area contributed by atoms with Crippen molar-refractivity contribution in [2.75, 3.05) is 18.0 Å². The Morgan fingerprint density at radius 2 is 1.81 bits per heavy atom. The van der Waals surface area contributed by atoms with Crippen molar-refractivity contribution in [2.24, 2.45) is 5.11 Å². The fourth-order valence-electron chi connectivity index (χ4n) is 3.76. The molecule has 0 bridgehead atoms. The number of aromatic nitrogens is 2. The monoisotopic (exact) mass is 359 g/mol. The number of fused-ring (bicyclic) bond motifs is 1. The summed E-state index contributed by atoms with van der Waals surface area (Å²) < 4.78 is 1.97. The molecule has 0 amide bonds. The number of anilines is 1. The number of benzene rings is 2. The third-order valence-electron chi connectivity index (χ3n) is 4.87. The van der Waals surface area contributed by atoms with E-state index >= 15 is 0 Å². The Bertz CT molecular complexity index is 974. The highest BCUT2D eigenvalue weighted by Crippen LogP contribution is 2.44. The molecule has 2 aromatic carbocycles. The molecule has 2 atom stereocenters. The van der Waals surface area contributed by atoms with Gasteiger partial charge in [-0.15, -0.1) is 0 Å². The molecule has 7 heteroatoms. The Morgan fingerprint density at radius 1 is 1.11 bits per heavy atom. The van der Waals surface area contributed by atoms with Crippen LogP contribution >= 0.6 is 0 Å². The molecule has 1 N–H and O–H groups in total. The molecule has 3 aromatic rings. The van der Waals surface area contributed by atoms with Crippen molar-refractivity contribution >= 4 is 5.95 Å². The Morgan fingerprint density at radius 3 is 2.52 bits per heavy atom. The number of aliphatic hydroxyl groups is 1. The Kier molecular flexibility index (Phi) is 4.46. The second-order valence-electron chi connectivity index (χ2n) is 6.34. The van der Waals surface area contributed by atoms with Crippen LogP contribution in [0.4, 0.5) is 5.95 Å². The molecule has 0 radical (unpaired) electrons. The maximum Gasteiger partial charge on any atom is 0.397 e. The third kappa shape index (κ3) is 2.79. The maximum absolute atomic E-state index is 12.1. The zero-order chi connectivity index (χ0) is 18.7. The molecule has 134 valence electrons. The molecule has 27 heavy (non-hydrogen) atoms. The van der Waals surface area contributed by atoms with Crippen LogP contribution in [-0.4, -0.2) is 23.2 Å². The van der Waals surface area contributed by atoms with Gasteiger partial charge in [-0.25, -0.2) is 9.47 Å². The minimum Gasteiger partial charge on any atom is -0.352 e. The lowest BCUT2D eigenvalue weighted by molar-refractivity contribution is -0.703. The second-order valence-corrected chi connectivity index (χ2v) is 6.34. The van der Waals surface area contributed by atoms with Crippen molar-refractivity contribution < 1.29 is 9.67 Å². The summed E-state index contributed by atoms with van der Waals surface area (Å²) in [6.45, 7) is 0.569. The highest BCUT2D eigenvalue weighted by molar-refractivity contribution is 5.43. The van der Waals surface area contributed by atoms with Gasteiger partial charge in [-0.2, -0.15) is 0 Å². The first-order valence-corrected chi connectivity index (χ1v) is 8.74. The number of hydrogen-bond donors (Lipinski definition) is 1. The highest BCUT2D eigenvalue weighted by atomic mass is 16.3. The van der Waals surface area contributed by atoms with Crippen LogP contribution in [0.15, 0.2) is 84.2 Å². The van der Waals surface area contributed by atoms with Gasteiger partial charge < -0.3 is 5.11 Å². The summed E-state index contributed by atoms with van der Waals surface area (Å²) in [6, 6.07) is 20.9. The van der Waals surface area contributed by atoms with Crippen molar-refractivity contribution in [3.05, 3.63) is 101 Å². The van der Waals surface area contributed by atoms with Gasteiger partial charge in [0.15, 0.2) is 6.04 Å². The summed E-state index contributed by atoms with van der Waals surface area (Å²) in [5.41, 5.74) is 9.02. The fourth-order valence-corrected chi connectivity index (χ4v) is 3.76. The van der Waals surface area contributed by atoms with Crippen LogP contribution < -0.4 is 9.47 Å². The van der Waals surface area contributed by atoms with Gasteiger partial charge in [0.2, 0.25) is 0 Å². The first-order valence-electron chi connectivity index (χ1n) is 8.74. The third-order valence-corrected chi connectivity index (χ3v) is 4.87. The quantitative estimate of drug-likeness (QED) is 0.329. The van der Waals surface area contributed by atoms with E-state index < -0.39 is 11.8 Å². The topological polar surface area (TPSA) is 89.0 Å². The molecular weight excluding hydrogens is 340 g/mol. The van der Waals surface area contributed by atoms with Crippen LogP contribution in [-0.2, 0) is 5.72 Å². The van der Waals surface area contributed by atoms with E-state index in [4.69, 9.17) is 5.53 Å². The predicted octanol–water partition coefficient (Wildman–Crippen LogP) is 2.93. The largest absolute Gasteiger partial charge is 0.397 e. The summed E-state index contributed by atoms with van der Waals surface area (Å²) in [6.07, 6.45) is 3.62. The smallest absolute Gasteiger partial charge is 0.352 e. The van der Waals surface area contributed by atoms with Gasteiger partial charge in [-0.3, -0.25) is 0 Å². The zero-order valence-electron chi connectivity index (χ0n) is 14.6. The summed E-state index contributed by atoms with van der Waals surface area (Å²) in [7, 11) is 0. The van der Waals surface area contributed by atoms with Gasteiger partial charge in [0.1, 0.15) is 6.20 Å². The Hall–Kier alpha value is -3.41. The maximum atomic E-state index is 12.1. The normalized spacial score (nSPS) is 20.8. The lowest BCUT2D eigenvalue weighted by Gasteiger charge is -2.33. The minimum atomic E-state index is -1.37. The van der Waals surface area contributed by atoms with Crippen molar-refractivity contribution in [3.63, 3.8) is 0 Å². The van der Waals surface area contributed by atoms with E-state index in [0.717, 1.165) is 11.1 Å². The Balaban J connectivity index is 1.93. The molecular formula is C20H19N6O+. The van der Waals surface area contributed by atoms with Gasteiger partial charge in [0.25, 0.3) is 5.72 Å². The van der Waals surface area contributed by atoms with Crippen LogP contribution in [0.5, 0.6) is 0 Å². The molecule has 4 rings (SSSR count). The van der Waals surface area contributed by atoms with E-state index in [9.17, 15) is 5.11 Å². The number of azide groups is 1. The molecule has 0 aliphatic carbocycles. The van der Waals surface area contributed by atoms with E-state index in [1.165, 1.54) is 0 Å². The van der Waals surface area contributed by atoms with E-state index in [1.54, 1.807) is 6.20 Å². The average molecular weight is 359 g/mol. The van der Waals surface area contributed by atoms with E-state index in [0.29, 0.717) is 12.5 Å². The van der Waals surface area contributed by atoms with Gasteiger partial charge in [0, 0.05) is 16.5 Å². The SMILES string of the molecule is [N-]=[N+]=NCCN1c2nccc[n+]2C(c2ccccc2)C1(O)c1ccccc1. The van der Waals surface area contributed by atoms with E-state index in [2.05, 4.69) is 15.0 Å². The molecule has 2 unspecified atom stereocenters. The van der Waals surface area contributed by atoms with Crippen LogP contribution in [0.2, 0.25) is 0 Å². The number of nitrogens with zero attached hydrogens (tertiary/aromatic N) is 6. The molecule has 1 aromatic heterocycles. The molecule has 2 heterocycles. The molecule has 0 fully saturated rings. The van der Waals surface area contributed by atoms with Gasteiger partial charge in [0.05, 0.1) is 19.3 Å². The van der Waals surface area contributed by atoms with Crippen LogP contribution in [0, 0.1) is 0 Å². The minimum absolute atomic E-state index is 0.226. The van der Waals surface area contributed by atoms with E-state index in [-0.39, 0.29) is 6.54 Å². The first-order chi connectivity index (χ1) is 13.3. The zero-order valence-corrected chi connectivity index (χ0v) is 14.6. The summed E-state index contributed by atoms with van der Waals surface area (Å²) in [5, 5.41) is 15.7. The number of hydrogen-bond acceptors (Lipinski definition) is 4. The van der Waals surface area contributed by atoms with Crippen molar-refractivity contribution in [2.45, 2.75) is 11.8 Å². The van der Waals surface area contributed by atoms with Crippen LogP contribution in [0.25, 0.3) is 10.4 Å². The van der Waals surface area contributed by atoms with Crippen molar-refractivity contribution in [1.29, 1.82) is 0 Å². The van der Waals surface area contributed by atoms with E-state index in [1.807, 2.05) is 82.4 Å². The lowest BCUT2D eigenvalue weighted by atomic mass is 9.89. The van der Waals surface area contributed by atoms with Gasteiger partial charge in [-0.1, -0.05) is 70.8 Å².